The number of anilines is 1. The number of carbonyl (C=O) groups excluding carboxylic acids is 1. The summed E-state index contributed by atoms with van der Waals surface area (Å²) in [6, 6.07) is 4.61. The zero-order valence-corrected chi connectivity index (χ0v) is 13.8. The predicted molar refractivity (Wildman–Crippen MR) is 81.7 cm³/mol. The van der Waals surface area contributed by atoms with Crippen molar-refractivity contribution >= 4 is 49.3 Å². The molecule has 0 fully saturated rings. The third-order valence-corrected chi connectivity index (χ3v) is 4.05. The number of rotatable bonds is 3. The highest BCUT2D eigenvalue weighted by atomic mass is 79.9. The number of sulfonamides is 1. The average Bonchev–Trinajstić information content (AvgIpc) is 2.68. The molecule has 0 unspecified atom stereocenters. The topological polar surface area (TPSA) is 107 Å². The first kappa shape index (κ1) is 16.0. The van der Waals surface area contributed by atoms with Crippen LogP contribution in [0.1, 0.15) is 10.4 Å². The van der Waals surface area contributed by atoms with Gasteiger partial charge in [-0.2, -0.15) is 5.10 Å². The zero-order chi connectivity index (χ0) is 15.8. The van der Waals surface area contributed by atoms with E-state index in [1.165, 1.54) is 24.0 Å². The Kier molecular flexibility index (Phi) is 4.38. The van der Waals surface area contributed by atoms with Crippen LogP contribution < -0.4 is 10.5 Å². The van der Waals surface area contributed by atoms with Gasteiger partial charge in [-0.05, 0) is 18.2 Å². The molecule has 0 saturated heterocycles. The number of hydrogen-bond acceptors (Lipinski definition) is 4. The van der Waals surface area contributed by atoms with E-state index in [1.54, 1.807) is 12.1 Å². The van der Waals surface area contributed by atoms with Crippen LogP contribution >= 0.6 is 27.5 Å². The molecule has 2 aromatic rings. The molecular weight excluding hydrogens is 384 g/mol. The molecule has 0 radical (unpaired) electrons. The van der Waals surface area contributed by atoms with E-state index < -0.39 is 15.9 Å². The summed E-state index contributed by atoms with van der Waals surface area (Å²) in [7, 11) is -2.48. The molecule has 2 rings (SSSR count). The van der Waals surface area contributed by atoms with Crippen LogP contribution in [0.15, 0.2) is 33.8 Å². The molecule has 0 aliphatic carbocycles. The molecule has 1 amide bonds. The van der Waals surface area contributed by atoms with E-state index in [4.69, 9.17) is 16.7 Å². The van der Waals surface area contributed by atoms with E-state index in [-0.39, 0.29) is 16.3 Å². The second kappa shape index (κ2) is 5.76. The third kappa shape index (κ3) is 3.82. The Hall–Kier alpha value is -1.42. The molecule has 3 N–H and O–H groups in total. The first-order chi connectivity index (χ1) is 9.66. The van der Waals surface area contributed by atoms with Gasteiger partial charge in [0.05, 0.1) is 0 Å². The van der Waals surface area contributed by atoms with Crippen LogP contribution in [-0.4, -0.2) is 24.1 Å². The first-order valence-corrected chi connectivity index (χ1v) is 8.22. The van der Waals surface area contributed by atoms with Crippen LogP contribution in [0, 0.1) is 0 Å². The van der Waals surface area contributed by atoms with Gasteiger partial charge in [0, 0.05) is 28.3 Å². The van der Waals surface area contributed by atoms with E-state index in [9.17, 15) is 13.2 Å². The van der Waals surface area contributed by atoms with Crippen LogP contribution in [0.2, 0.25) is 5.02 Å². The van der Waals surface area contributed by atoms with Crippen LogP contribution in [-0.2, 0) is 17.1 Å². The largest absolute Gasteiger partial charge is 0.304 e. The molecule has 0 aliphatic heterocycles. The highest BCUT2D eigenvalue weighted by Crippen LogP contribution is 2.22. The number of aromatic nitrogens is 2. The van der Waals surface area contributed by atoms with Gasteiger partial charge in [0.2, 0.25) is 10.0 Å². The fourth-order valence-corrected chi connectivity index (χ4v) is 3.15. The molecule has 112 valence electrons. The van der Waals surface area contributed by atoms with Gasteiger partial charge in [-0.25, -0.2) is 13.6 Å². The lowest BCUT2D eigenvalue weighted by molar-refractivity contribution is 0.102. The number of primary sulfonamides is 1. The molecular formula is C11H10BrClN4O3S. The van der Waals surface area contributed by atoms with Gasteiger partial charge in [-0.1, -0.05) is 27.5 Å². The molecule has 1 aromatic heterocycles. The van der Waals surface area contributed by atoms with Gasteiger partial charge >= 0.3 is 0 Å². The summed E-state index contributed by atoms with van der Waals surface area (Å²) >= 11 is 9.08. The second-order valence-electron chi connectivity index (χ2n) is 4.17. The van der Waals surface area contributed by atoms with Crippen LogP contribution in [0.3, 0.4) is 0 Å². The smallest absolute Gasteiger partial charge is 0.256 e. The highest BCUT2D eigenvalue weighted by Gasteiger charge is 2.20. The monoisotopic (exact) mass is 392 g/mol. The van der Waals surface area contributed by atoms with Crippen molar-refractivity contribution < 1.29 is 13.2 Å². The van der Waals surface area contributed by atoms with Gasteiger partial charge in [-0.15, -0.1) is 0 Å². The number of benzene rings is 1. The normalized spacial score (nSPS) is 11.4. The van der Waals surface area contributed by atoms with Gasteiger partial charge in [0.1, 0.15) is 4.90 Å². The number of nitrogens with two attached hydrogens (primary N) is 1. The van der Waals surface area contributed by atoms with Gasteiger partial charge in [0.15, 0.2) is 5.82 Å². The molecule has 0 saturated carbocycles. The Morgan fingerprint density at radius 2 is 2.10 bits per heavy atom. The maximum Gasteiger partial charge on any atom is 0.256 e. The van der Waals surface area contributed by atoms with Gasteiger partial charge in [-0.3, -0.25) is 9.48 Å². The van der Waals surface area contributed by atoms with Gasteiger partial charge in [0.25, 0.3) is 5.91 Å². The number of aryl methyl sites for hydroxylation is 1. The van der Waals surface area contributed by atoms with Crippen molar-refractivity contribution in [1.82, 2.24) is 9.78 Å². The molecule has 0 aliphatic rings. The molecule has 10 heteroatoms. The molecule has 7 nitrogen and oxygen atoms in total. The highest BCUT2D eigenvalue weighted by molar-refractivity contribution is 9.10. The van der Waals surface area contributed by atoms with E-state index in [2.05, 4.69) is 26.3 Å². The maximum absolute atomic E-state index is 12.1. The van der Waals surface area contributed by atoms with Gasteiger partial charge < -0.3 is 5.32 Å². The SMILES string of the molecule is Cn1cc(S(N)(=O)=O)c(NC(=O)c2cc(Cl)cc(Br)c2)n1. The van der Waals surface area contributed by atoms with Crippen LogP contribution in [0.25, 0.3) is 0 Å². The van der Waals surface area contributed by atoms with E-state index in [0.717, 1.165) is 0 Å². The lowest BCUT2D eigenvalue weighted by Gasteiger charge is -2.05. The summed E-state index contributed by atoms with van der Waals surface area (Å²) in [5.74, 6) is -0.692. The molecule has 0 atom stereocenters. The Morgan fingerprint density at radius 1 is 1.43 bits per heavy atom. The molecule has 1 aromatic carbocycles. The predicted octanol–water partition coefficient (Wildman–Crippen LogP) is 1.74. The summed E-state index contributed by atoms with van der Waals surface area (Å²) in [6.07, 6.45) is 1.21. The Bertz CT molecular complexity index is 799. The number of nitrogens with zero attached hydrogens (tertiary/aromatic N) is 2. The Balaban J connectivity index is 2.36. The lowest BCUT2D eigenvalue weighted by atomic mass is 10.2. The summed E-state index contributed by atoms with van der Waals surface area (Å²) in [4.78, 5) is 11.9. The van der Waals surface area contributed by atoms with Crippen molar-refractivity contribution in [3.05, 3.63) is 39.5 Å². The van der Waals surface area contributed by atoms with Crippen LogP contribution in [0.5, 0.6) is 0 Å². The minimum absolute atomic E-state index is 0.138. The number of carbonyl (C=O) groups is 1. The molecule has 1 heterocycles. The molecule has 21 heavy (non-hydrogen) atoms. The summed E-state index contributed by atoms with van der Waals surface area (Å²) in [5.41, 5.74) is 0.250. The molecule has 0 spiro atoms. The summed E-state index contributed by atoms with van der Waals surface area (Å²) in [6.45, 7) is 0. The van der Waals surface area contributed by atoms with Crippen molar-refractivity contribution in [2.24, 2.45) is 12.2 Å². The average molecular weight is 394 g/mol. The number of halogens is 2. The van der Waals surface area contributed by atoms with Crippen molar-refractivity contribution in [3.8, 4) is 0 Å². The number of nitrogens with one attached hydrogen (secondary N) is 1. The summed E-state index contributed by atoms with van der Waals surface area (Å²) < 4.78 is 24.7. The van der Waals surface area contributed by atoms with E-state index in [0.29, 0.717) is 9.50 Å². The minimum atomic E-state index is -3.99. The second-order valence-corrected chi connectivity index (χ2v) is 7.05. The summed E-state index contributed by atoms with van der Waals surface area (Å²) in [5, 5.41) is 11.7. The Morgan fingerprint density at radius 3 is 2.67 bits per heavy atom. The van der Waals surface area contributed by atoms with E-state index >= 15 is 0 Å². The van der Waals surface area contributed by atoms with Crippen LogP contribution in [0.4, 0.5) is 5.82 Å². The maximum atomic E-state index is 12.1. The van der Waals surface area contributed by atoms with Crippen molar-refractivity contribution in [1.29, 1.82) is 0 Å². The van der Waals surface area contributed by atoms with Crippen molar-refractivity contribution in [2.75, 3.05) is 5.32 Å². The minimum Gasteiger partial charge on any atom is -0.304 e. The number of hydrogen-bond donors (Lipinski definition) is 2. The lowest BCUT2D eigenvalue weighted by Crippen LogP contribution is -2.17. The van der Waals surface area contributed by atoms with Crippen molar-refractivity contribution in [2.45, 2.75) is 4.90 Å². The molecule has 0 bridgehead atoms. The quantitative estimate of drug-likeness (QED) is 0.828. The third-order valence-electron chi connectivity index (χ3n) is 2.46. The first-order valence-electron chi connectivity index (χ1n) is 5.50. The zero-order valence-electron chi connectivity index (χ0n) is 10.7. The fraction of sp³-hybridized carbons (Fsp3) is 0.0909. The Labute approximate surface area is 134 Å². The standard InChI is InChI=1S/C11H10BrClN4O3S/c1-17-5-9(21(14,19)20)10(16-17)15-11(18)6-2-7(12)4-8(13)3-6/h2-5H,1H3,(H2,14,19,20)(H,15,16,18). The van der Waals surface area contributed by atoms with Crippen molar-refractivity contribution in [3.63, 3.8) is 0 Å². The number of amides is 1. The van der Waals surface area contributed by atoms with E-state index in [1.807, 2.05) is 0 Å². The fourth-order valence-electron chi connectivity index (χ4n) is 1.63.